The molecule has 1 aromatic rings. The maximum absolute atomic E-state index is 10.4. The van der Waals surface area contributed by atoms with Gasteiger partial charge in [0.1, 0.15) is 0 Å². The number of carboxylic acids is 1. The number of hydrogen-bond donors (Lipinski definition) is 0. The van der Waals surface area contributed by atoms with Gasteiger partial charge in [-0.3, -0.25) is 0 Å². The molecule has 0 amide bonds. The Morgan fingerprint density at radius 3 is 2.42 bits per heavy atom. The van der Waals surface area contributed by atoms with Crippen LogP contribution in [0.4, 0.5) is 0 Å². The average molecular weight is 181 g/mol. The summed E-state index contributed by atoms with van der Waals surface area (Å²) in [6, 6.07) is 6.71. The van der Waals surface area contributed by atoms with Crippen molar-refractivity contribution in [3.63, 3.8) is 0 Å². The lowest BCUT2D eigenvalue weighted by Crippen LogP contribution is -2.21. The Labute approximate surface area is 75.6 Å². The highest BCUT2D eigenvalue weighted by Crippen LogP contribution is 2.17. The van der Waals surface area contributed by atoms with Crippen LogP contribution in [-0.4, -0.2) is 11.7 Å². The number of carbonyl (C=O) groups is 1. The molecule has 1 rings (SSSR count). The quantitative estimate of drug-likeness (QED) is 0.657. The molecule has 0 saturated heterocycles. The molecule has 0 spiro atoms. The van der Waals surface area contributed by atoms with E-state index in [-0.39, 0.29) is 5.56 Å². The minimum Gasteiger partial charge on any atom is -0.545 e. The second kappa shape index (κ2) is 4.16. The van der Waals surface area contributed by atoms with Crippen LogP contribution in [0.1, 0.15) is 17.3 Å². The van der Waals surface area contributed by atoms with Crippen molar-refractivity contribution in [2.45, 2.75) is 11.8 Å². The summed E-state index contributed by atoms with van der Waals surface area (Å²) < 4.78 is 0. The van der Waals surface area contributed by atoms with Gasteiger partial charge >= 0.3 is 0 Å². The van der Waals surface area contributed by atoms with E-state index < -0.39 is 5.97 Å². The molecule has 12 heavy (non-hydrogen) atoms. The van der Waals surface area contributed by atoms with Crippen molar-refractivity contribution >= 4 is 17.7 Å². The van der Waals surface area contributed by atoms with Crippen molar-refractivity contribution < 1.29 is 9.90 Å². The molecule has 0 unspecified atom stereocenters. The van der Waals surface area contributed by atoms with Gasteiger partial charge in [-0.05, 0) is 23.4 Å². The largest absolute Gasteiger partial charge is 0.545 e. The zero-order chi connectivity index (χ0) is 8.97. The Hall–Kier alpha value is -0.960. The first kappa shape index (κ1) is 9.13. The first-order valence-corrected chi connectivity index (χ1v) is 4.67. The number of carbonyl (C=O) groups excluding carboxylic acids is 1. The molecule has 1 aromatic carbocycles. The third kappa shape index (κ3) is 2.27. The van der Waals surface area contributed by atoms with Crippen molar-refractivity contribution in [1.82, 2.24) is 0 Å². The average Bonchev–Trinajstić information content (AvgIpc) is 2.06. The minimum atomic E-state index is -1.12. The molecule has 0 fully saturated rings. The lowest BCUT2D eigenvalue weighted by molar-refractivity contribution is -0.255. The topological polar surface area (TPSA) is 40.1 Å². The molecule has 0 heterocycles. The zero-order valence-corrected chi connectivity index (χ0v) is 7.56. The summed E-state index contributed by atoms with van der Waals surface area (Å²) in [6.45, 7) is 2.05. The van der Waals surface area contributed by atoms with E-state index in [0.29, 0.717) is 0 Å². The Balaban J connectivity index is 2.78. The maximum Gasteiger partial charge on any atom is 0.0715 e. The highest BCUT2D eigenvalue weighted by atomic mass is 32.2. The lowest BCUT2D eigenvalue weighted by Gasteiger charge is -2.02. The van der Waals surface area contributed by atoms with Crippen molar-refractivity contribution in [2.24, 2.45) is 0 Å². The minimum absolute atomic E-state index is 0.232. The van der Waals surface area contributed by atoms with Crippen LogP contribution < -0.4 is 5.11 Å². The number of benzene rings is 1. The molecule has 0 aromatic heterocycles. The third-order valence-electron chi connectivity index (χ3n) is 1.40. The molecule has 3 heteroatoms. The van der Waals surface area contributed by atoms with E-state index in [0.717, 1.165) is 10.6 Å². The number of rotatable bonds is 3. The Bertz CT molecular complexity index is 266. The molecule has 64 valence electrons. The fraction of sp³-hybridized carbons (Fsp3) is 0.222. The summed E-state index contributed by atoms with van der Waals surface area (Å²) in [6.07, 6.45) is 0. The highest BCUT2D eigenvalue weighted by molar-refractivity contribution is 7.99. The van der Waals surface area contributed by atoms with Crippen molar-refractivity contribution in [3.8, 4) is 0 Å². The van der Waals surface area contributed by atoms with E-state index in [9.17, 15) is 9.90 Å². The monoisotopic (exact) mass is 181 g/mol. The van der Waals surface area contributed by atoms with Crippen LogP contribution >= 0.6 is 11.8 Å². The number of carboxylic acid groups (broad SMARTS) is 1. The van der Waals surface area contributed by atoms with E-state index in [1.807, 2.05) is 0 Å². The molecule has 0 N–H and O–H groups in total. The Kier molecular flexibility index (Phi) is 3.17. The first-order valence-electron chi connectivity index (χ1n) is 3.68. The van der Waals surface area contributed by atoms with Crippen LogP contribution in [0, 0.1) is 0 Å². The van der Waals surface area contributed by atoms with Crippen LogP contribution in [0.15, 0.2) is 29.2 Å². The fourth-order valence-electron chi connectivity index (χ4n) is 0.854. The van der Waals surface area contributed by atoms with Crippen LogP contribution in [0.3, 0.4) is 0 Å². The second-order valence-corrected chi connectivity index (χ2v) is 3.58. The molecule has 2 nitrogen and oxygen atoms in total. The molecule has 0 atom stereocenters. The van der Waals surface area contributed by atoms with E-state index in [4.69, 9.17) is 0 Å². The van der Waals surface area contributed by atoms with E-state index >= 15 is 0 Å². The van der Waals surface area contributed by atoms with Crippen molar-refractivity contribution in [3.05, 3.63) is 29.8 Å². The summed E-state index contributed by atoms with van der Waals surface area (Å²) >= 11 is 1.68. The molecule has 0 radical (unpaired) electrons. The molecular weight excluding hydrogens is 172 g/mol. The summed E-state index contributed by atoms with van der Waals surface area (Å²) in [5, 5.41) is 10.4. The van der Waals surface area contributed by atoms with Gasteiger partial charge in [0.25, 0.3) is 0 Å². The van der Waals surface area contributed by atoms with Gasteiger partial charge in [0.2, 0.25) is 0 Å². The number of hydrogen-bond acceptors (Lipinski definition) is 3. The van der Waals surface area contributed by atoms with Gasteiger partial charge in [0.15, 0.2) is 0 Å². The van der Waals surface area contributed by atoms with Gasteiger partial charge in [0.05, 0.1) is 5.97 Å². The molecule has 0 aliphatic carbocycles. The fourth-order valence-corrected chi connectivity index (χ4v) is 1.52. The summed E-state index contributed by atoms with van der Waals surface area (Å²) in [4.78, 5) is 11.4. The number of thioether (sulfide) groups is 1. The van der Waals surface area contributed by atoms with Gasteiger partial charge < -0.3 is 9.90 Å². The highest BCUT2D eigenvalue weighted by Gasteiger charge is 1.93. The molecular formula is C9H9O2S-. The molecule has 0 aliphatic rings. The van der Waals surface area contributed by atoms with E-state index in [2.05, 4.69) is 6.92 Å². The SMILES string of the molecule is CCSc1ccc(C(=O)[O-])cc1. The first-order chi connectivity index (χ1) is 5.74. The summed E-state index contributed by atoms with van der Waals surface area (Å²) in [7, 11) is 0. The molecule has 0 bridgehead atoms. The zero-order valence-electron chi connectivity index (χ0n) is 6.74. The Morgan fingerprint density at radius 1 is 1.42 bits per heavy atom. The normalized spacial score (nSPS) is 9.75. The standard InChI is InChI=1S/C9H10O2S/c1-2-12-8-5-3-7(4-6-8)9(10)11/h3-6H,2H2,1H3,(H,10,11)/p-1. The second-order valence-electron chi connectivity index (χ2n) is 2.24. The van der Waals surface area contributed by atoms with Gasteiger partial charge in [0, 0.05) is 4.90 Å². The Morgan fingerprint density at radius 2 is 2.00 bits per heavy atom. The predicted octanol–water partition coefficient (Wildman–Crippen LogP) is 1.16. The van der Waals surface area contributed by atoms with Crippen LogP contribution in [0.25, 0.3) is 0 Å². The van der Waals surface area contributed by atoms with Gasteiger partial charge in [-0.1, -0.05) is 19.1 Å². The van der Waals surface area contributed by atoms with Crippen molar-refractivity contribution in [2.75, 3.05) is 5.75 Å². The lowest BCUT2D eigenvalue weighted by atomic mass is 10.2. The summed E-state index contributed by atoms with van der Waals surface area (Å²) in [5.41, 5.74) is 0.232. The molecule has 0 saturated carbocycles. The van der Waals surface area contributed by atoms with E-state index in [1.54, 1.807) is 36.0 Å². The summed E-state index contributed by atoms with van der Waals surface area (Å²) in [5.74, 6) is -0.131. The van der Waals surface area contributed by atoms with Crippen LogP contribution in [0.5, 0.6) is 0 Å². The van der Waals surface area contributed by atoms with Crippen molar-refractivity contribution in [1.29, 1.82) is 0 Å². The third-order valence-corrected chi connectivity index (χ3v) is 2.30. The van der Waals surface area contributed by atoms with Crippen LogP contribution in [-0.2, 0) is 0 Å². The van der Waals surface area contributed by atoms with Gasteiger partial charge in [-0.25, -0.2) is 0 Å². The smallest absolute Gasteiger partial charge is 0.0715 e. The van der Waals surface area contributed by atoms with Crippen LogP contribution in [0.2, 0.25) is 0 Å². The number of aromatic carboxylic acids is 1. The van der Waals surface area contributed by atoms with E-state index in [1.165, 1.54) is 0 Å². The van der Waals surface area contributed by atoms with Gasteiger partial charge in [-0.2, -0.15) is 0 Å². The molecule has 0 aliphatic heterocycles. The van der Waals surface area contributed by atoms with Gasteiger partial charge in [-0.15, -0.1) is 11.8 Å². The predicted molar refractivity (Wildman–Crippen MR) is 47.2 cm³/mol. The maximum atomic E-state index is 10.4.